The van der Waals surface area contributed by atoms with Gasteiger partial charge in [0, 0.05) is 4.47 Å². The molecule has 0 fully saturated rings. The molecule has 0 aliphatic carbocycles. The number of isocyanates is 1. The molecule has 0 unspecified atom stereocenters. The molecule has 2 nitrogen and oxygen atoms in total. The minimum absolute atomic E-state index is 0.280. The molecule has 0 amide bonds. The summed E-state index contributed by atoms with van der Waals surface area (Å²) in [6.07, 6.45) is 1.84. The van der Waals surface area contributed by atoms with Crippen LogP contribution in [0.3, 0.4) is 0 Å². The summed E-state index contributed by atoms with van der Waals surface area (Å²) >= 11 is 3.15. The van der Waals surface area contributed by atoms with E-state index in [2.05, 4.69) is 20.9 Å². The van der Waals surface area contributed by atoms with Crippen LogP contribution >= 0.6 is 15.9 Å². The maximum absolute atomic E-state index is 13.1. The third-order valence-electron chi connectivity index (χ3n) is 1.57. The first-order chi connectivity index (χ1) is 6.24. The molecule has 0 bridgehead atoms. The van der Waals surface area contributed by atoms with Crippen molar-refractivity contribution in [3.8, 4) is 0 Å². The normalized spacial score (nSPS) is 9.38. The van der Waals surface area contributed by atoms with Gasteiger partial charge in [-0.25, -0.2) is 14.2 Å². The molecule has 1 aromatic rings. The molecule has 1 aromatic carbocycles. The molecular formula is C9H7BrFNO. The fourth-order valence-corrected chi connectivity index (χ4v) is 1.28. The van der Waals surface area contributed by atoms with Crippen LogP contribution in [0.2, 0.25) is 0 Å². The highest BCUT2D eigenvalue weighted by atomic mass is 79.9. The SMILES string of the molecule is O=C=NCCc1ccc(Br)cc1F. The molecule has 0 aromatic heterocycles. The van der Waals surface area contributed by atoms with Crippen molar-refractivity contribution in [2.45, 2.75) is 6.42 Å². The van der Waals surface area contributed by atoms with Gasteiger partial charge in [-0.1, -0.05) is 22.0 Å². The van der Waals surface area contributed by atoms with Crippen molar-refractivity contribution in [1.82, 2.24) is 0 Å². The fourth-order valence-electron chi connectivity index (χ4n) is 0.946. The molecule has 0 N–H and O–H groups in total. The smallest absolute Gasteiger partial charge is 0.211 e. The first kappa shape index (κ1) is 10.1. The summed E-state index contributed by atoms with van der Waals surface area (Å²) in [5, 5.41) is 0. The average molecular weight is 244 g/mol. The van der Waals surface area contributed by atoms with Crippen LogP contribution < -0.4 is 0 Å². The van der Waals surface area contributed by atoms with E-state index >= 15 is 0 Å². The van der Waals surface area contributed by atoms with Crippen molar-refractivity contribution in [2.75, 3.05) is 6.54 Å². The average Bonchev–Trinajstić information content (AvgIpc) is 2.09. The highest BCUT2D eigenvalue weighted by molar-refractivity contribution is 9.10. The van der Waals surface area contributed by atoms with Crippen molar-refractivity contribution in [2.24, 2.45) is 4.99 Å². The summed E-state index contributed by atoms with van der Waals surface area (Å²) in [5.74, 6) is -0.282. The van der Waals surface area contributed by atoms with Crippen LogP contribution in [0.5, 0.6) is 0 Å². The van der Waals surface area contributed by atoms with E-state index in [1.807, 2.05) is 0 Å². The van der Waals surface area contributed by atoms with Gasteiger partial charge in [-0.3, -0.25) is 0 Å². The maximum Gasteiger partial charge on any atom is 0.234 e. The largest absolute Gasteiger partial charge is 0.234 e. The van der Waals surface area contributed by atoms with E-state index in [1.165, 1.54) is 12.1 Å². The molecule has 0 saturated heterocycles. The number of carbonyl (C=O) groups excluding carboxylic acids is 1. The second-order valence-electron chi connectivity index (χ2n) is 2.46. The van der Waals surface area contributed by atoms with E-state index in [0.29, 0.717) is 16.5 Å². The zero-order chi connectivity index (χ0) is 9.68. The Bertz CT molecular complexity index is 347. The summed E-state index contributed by atoms with van der Waals surface area (Å²) in [5.41, 5.74) is 0.558. The van der Waals surface area contributed by atoms with E-state index in [9.17, 15) is 9.18 Å². The molecule has 68 valence electrons. The summed E-state index contributed by atoms with van der Waals surface area (Å²) in [6.45, 7) is 0.280. The minimum Gasteiger partial charge on any atom is -0.211 e. The van der Waals surface area contributed by atoms with Crippen LogP contribution in [0, 0.1) is 5.82 Å². The van der Waals surface area contributed by atoms with Crippen LogP contribution in [0.15, 0.2) is 27.7 Å². The van der Waals surface area contributed by atoms with Gasteiger partial charge in [0.05, 0.1) is 6.54 Å². The molecular weight excluding hydrogens is 237 g/mol. The number of hydrogen-bond donors (Lipinski definition) is 0. The van der Waals surface area contributed by atoms with Crippen molar-refractivity contribution >= 4 is 22.0 Å². The van der Waals surface area contributed by atoms with E-state index < -0.39 is 0 Å². The Hall–Kier alpha value is -0.990. The summed E-state index contributed by atoms with van der Waals surface area (Å²) < 4.78 is 13.8. The molecule has 13 heavy (non-hydrogen) atoms. The lowest BCUT2D eigenvalue weighted by Crippen LogP contribution is -1.93. The zero-order valence-corrected chi connectivity index (χ0v) is 8.34. The van der Waals surface area contributed by atoms with Gasteiger partial charge < -0.3 is 0 Å². The van der Waals surface area contributed by atoms with Crippen LogP contribution in [0.4, 0.5) is 4.39 Å². The van der Waals surface area contributed by atoms with Gasteiger partial charge in [-0.15, -0.1) is 0 Å². The van der Waals surface area contributed by atoms with Crippen molar-refractivity contribution in [1.29, 1.82) is 0 Å². The molecule has 0 aliphatic heterocycles. The maximum atomic E-state index is 13.1. The quantitative estimate of drug-likeness (QED) is 0.593. The molecule has 0 radical (unpaired) electrons. The molecule has 0 heterocycles. The van der Waals surface area contributed by atoms with Gasteiger partial charge in [0.1, 0.15) is 5.82 Å². The van der Waals surface area contributed by atoms with Crippen molar-refractivity contribution in [3.05, 3.63) is 34.1 Å². The topological polar surface area (TPSA) is 29.4 Å². The van der Waals surface area contributed by atoms with Crippen LogP contribution in [0.25, 0.3) is 0 Å². The molecule has 1 rings (SSSR count). The Kier molecular flexibility index (Phi) is 3.80. The first-order valence-corrected chi connectivity index (χ1v) is 4.51. The Morgan fingerprint density at radius 1 is 1.54 bits per heavy atom. The van der Waals surface area contributed by atoms with E-state index in [0.717, 1.165) is 0 Å². The zero-order valence-electron chi connectivity index (χ0n) is 6.76. The highest BCUT2D eigenvalue weighted by Gasteiger charge is 2.01. The van der Waals surface area contributed by atoms with Gasteiger partial charge in [0.25, 0.3) is 0 Å². The number of halogens is 2. The number of rotatable bonds is 3. The minimum atomic E-state index is -0.282. The molecule has 0 atom stereocenters. The Morgan fingerprint density at radius 3 is 2.92 bits per heavy atom. The van der Waals surface area contributed by atoms with Gasteiger partial charge in [0.2, 0.25) is 6.08 Å². The third kappa shape index (κ3) is 3.09. The van der Waals surface area contributed by atoms with E-state index in [1.54, 1.807) is 12.1 Å². The molecule has 4 heteroatoms. The second kappa shape index (κ2) is 4.90. The van der Waals surface area contributed by atoms with Crippen LogP contribution in [-0.2, 0) is 11.2 Å². The van der Waals surface area contributed by atoms with Crippen LogP contribution in [-0.4, -0.2) is 12.6 Å². The Balaban J connectivity index is 2.71. The number of nitrogens with zero attached hydrogens (tertiary/aromatic N) is 1. The number of hydrogen-bond acceptors (Lipinski definition) is 2. The summed E-state index contributed by atoms with van der Waals surface area (Å²) in [6, 6.07) is 4.81. The van der Waals surface area contributed by atoms with Crippen molar-refractivity contribution in [3.63, 3.8) is 0 Å². The monoisotopic (exact) mass is 243 g/mol. The third-order valence-corrected chi connectivity index (χ3v) is 2.07. The van der Waals surface area contributed by atoms with Gasteiger partial charge >= 0.3 is 0 Å². The highest BCUT2D eigenvalue weighted by Crippen LogP contribution is 2.15. The van der Waals surface area contributed by atoms with Gasteiger partial charge in [-0.2, -0.15) is 0 Å². The predicted molar refractivity (Wildman–Crippen MR) is 50.8 cm³/mol. The van der Waals surface area contributed by atoms with Gasteiger partial charge in [0.15, 0.2) is 0 Å². The molecule has 0 spiro atoms. The Morgan fingerprint density at radius 2 is 2.31 bits per heavy atom. The summed E-state index contributed by atoms with van der Waals surface area (Å²) in [7, 11) is 0. The molecule has 0 saturated carbocycles. The second-order valence-corrected chi connectivity index (χ2v) is 3.37. The van der Waals surface area contributed by atoms with E-state index in [4.69, 9.17) is 0 Å². The lowest BCUT2D eigenvalue weighted by Gasteiger charge is -1.99. The van der Waals surface area contributed by atoms with Gasteiger partial charge in [-0.05, 0) is 24.1 Å². The lowest BCUT2D eigenvalue weighted by molar-refractivity contribution is 0.562. The lowest BCUT2D eigenvalue weighted by atomic mass is 10.1. The standard InChI is InChI=1S/C9H7BrFNO/c10-8-2-1-7(9(11)5-8)3-4-12-6-13/h1-2,5H,3-4H2. The first-order valence-electron chi connectivity index (χ1n) is 3.71. The number of aliphatic imine (C=N–C) groups is 1. The molecule has 0 aliphatic rings. The fraction of sp³-hybridized carbons (Fsp3) is 0.222. The predicted octanol–water partition coefficient (Wildman–Crippen LogP) is 2.47. The number of benzene rings is 1. The summed E-state index contributed by atoms with van der Waals surface area (Å²) in [4.78, 5) is 13.1. The van der Waals surface area contributed by atoms with Crippen molar-refractivity contribution < 1.29 is 9.18 Å². The van der Waals surface area contributed by atoms with E-state index in [-0.39, 0.29) is 12.4 Å². The van der Waals surface area contributed by atoms with Crippen LogP contribution in [0.1, 0.15) is 5.56 Å². The Labute approximate surface area is 83.6 Å².